The third-order valence-electron chi connectivity index (χ3n) is 7.06. The molecule has 4 aliphatic heterocycles. The molecule has 5 heterocycles. The third kappa shape index (κ3) is 6.77. The van der Waals surface area contributed by atoms with Gasteiger partial charge >= 0.3 is 21.3 Å². The van der Waals surface area contributed by atoms with Gasteiger partial charge in [-0.1, -0.05) is 0 Å². The van der Waals surface area contributed by atoms with Crippen LogP contribution in [-0.2, 0) is 36.9 Å². The van der Waals surface area contributed by atoms with Crippen molar-refractivity contribution in [2.24, 2.45) is 0 Å². The van der Waals surface area contributed by atoms with Crippen LogP contribution in [0.1, 0.15) is 12.6 Å². The summed E-state index contributed by atoms with van der Waals surface area (Å²) in [7, 11) is -10.3. The van der Waals surface area contributed by atoms with Gasteiger partial charge in [-0.25, -0.2) is 24.1 Å². The minimum absolute atomic E-state index is 0.165. The van der Waals surface area contributed by atoms with E-state index in [9.17, 15) is 44.0 Å². The maximum atomic E-state index is 12.9. The van der Waals surface area contributed by atoms with E-state index in [1.54, 1.807) is 4.90 Å². The summed E-state index contributed by atoms with van der Waals surface area (Å²) in [4.78, 5) is 55.6. The Kier molecular flexibility index (Phi) is 8.98. The third-order valence-corrected chi connectivity index (χ3v) is 8.53. The number of aromatic nitrogens is 2. The van der Waals surface area contributed by atoms with Crippen LogP contribution in [0.2, 0.25) is 0 Å². The molecular weight excluding hydrogens is 618 g/mol. The molecule has 4 saturated heterocycles. The summed E-state index contributed by atoms with van der Waals surface area (Å²) in [6.45, 7) is -1.40. The molecule has 0 saturated carbocycles. The van der Waals surface area contributed by atoms with Crippen molar-refractivity contribution in [3.63, 3.8) is 0 Å². The lowest BCUT2D eigenvalue weighted by Crippen LogP contribution is -2.64. The highest BCUT2D eigenvalue weighted by Gasteiger charge is 2.60. The standard InChI is InChI=1S/C19H30N4O17P2/c24-10-1-3-22(18(29)20-10)16-14(28)15(9(39-16)6-36-41(30,31)32)40-42(33,34)37-5-8-12(26)13(27)17(38-8)23-4-2-11(25)21-19(23)7-35-19/h1,3,8-9,11-17,21,25-28H,2,4-7H2,(H,33,34)(H,20,24,29)(H2,30,31,32)/t8-,9-,11?,12-,13-,14-,15-,16-,17-,19-/m1/s1. The first kappa shape index (κ1) is 31.9. The first-order chi connectivity index (χ1) is 19.6. The number of epoxide rings is 1. The van der Waals surface area contributed by atoms with Crippen LogP contribution in [0.15, 0.2) is 21.9 Å². The average molecular weight is 648 g/mol. The second-order valence-electron chi connectivity index (χ2n) is 9.96. The van der Waals surface area contributed by atoms with E-state index in [0.717, 1.165) is 12.3 Å². The normalized spacial score (nSPS) is 40.4. The summed E-state index contributed by atoms with van der Waals surface area (Å²) in [5.74, 6) is -1.11. The summed E-state index contributed by atoms with van der Waals surface area (Å²) in [5, 5.41) is 44.5. The molecule has 4 aliphatic rings. The Morgan fingerprint density at radius 2 is 1.64 bits per heavy atom. The molecule has 42 heavy (non-hydrogen) atoms. The highest BCUT2D eigenvalue weighted by Crippen LogP contribution is 2.50. The van der Waals surface area contributed by atoms with Gasteiger partial charge in [0.25, 0.3) is 5.56 Å². The van der Waals surface area contributed by atoms with Crippen molar-refractivity contribution in [1.82, 2.24) is 19.8 Å². The predicted octanol–water partition coefficient (Wildman–Crippen LogP) is -4.85. The number of H-pyrrole nitrogens is 1. The number of nitrogens with zero attached hydrogens (tertiary/aromatic N) is 2. The first-order valence-corrected chi connectivity index (χ1v) is 15.5. The van der Waals surface area contributed by atoms with E-state index in [0.29, 0.717) is 4.57 Å². The molecule has 2 unspecified atom stereocenters. The lowest BCUT2D eigenvalue weighted by molar-refractivity contribution is -0.171. The van der Waals surface area contributed by atoms with Gasteiger partial charge < -0.3 is 49.3 Å². The summed E-state index contributed by atoms with van der Waals surface area (Å²) < 4.78 is 55.6. The van der Waals surface area contributed by atoms with Gasteiger partial charge in [0.05, 0.1) is 13.2 Å². The zero-order chi connectivity index (χ0) is 30.6. The van der Waals surface area contributed by atoms with E-state index in [1.807, 2.05) is 4.98 Å². The van der Waals surface area contributed by atoms with Crippen LogP contribution in [0.4, 0.5) is 0 Å². The van der Waals surface area contributed by atoms with Crippen LogP contribution in [-0.4, -0.2) is 131 Å². The Balaban J connectivity index is 1.25. The molecule has 1 aromatic rings. The minimum Gasteiger partial charge on any atom is -0.387 e. The highest BCUT2D eigenvalue weighted by atomic mass is 31.2. The monoisotopic (exact) mass is 648 g/mol. The van der Waals surface area contributed by atoms with E-state index in [-0.39, 0.29) is 19.6 Å². The van der Waals surface area contributed by atoms with Crippen LogP contribution < -0.4 is 16.6 Å². The first-order valence-electron chi connectivity index (χ1n) is 12.5. The van der Waals surface area contributed by atoms with E-state index in [1.165, 1.54) is 0 Å². The van der Waals surface area contributed by atoms with Gasteiger partial charge in [0.1, 0.15) is 55.7 Å². The van der Waals surface area contributed by atoms with Gasteiger partial charge in [0.15, 0.2) is 6.23 Å². The second kappa shape index (κ2) is 11.8. The van der Waals surface area contributed by atoms with Crippen LogP contribution in [0.25, 0.3) is 0 Å². The Hall–Kier alpha value is -1.46. The lowest BCUT2D eigenvalue weighted by atomic mass is 10.1. The molecule has 4 fully saturated rings. The van der Waals surface area contributed by atoms with E-state index >= 15 is 0 Å². The number of aliphatic hydroxyl groups is 4. The number of phosphoric acid groups is 2. The van der Waals surface area contributed by atoms with Crippen molar-refractivity contribution in [2.75, 3.05) is 26.4 Å². The smallest absolute Gasteiger partial charge is 0.387 e. The number of aromatic amines is 1. The molecule has 0 bridgehead atoms. The number of aliphatic hydroxyl groups excluding tert-OH is 4. The highest BCUT2D eigenvalue weighted by molar-refractivity contribution is 7.47. The molecule has 0 amide bonds. The molecule has 1 spiro atoms. The molecular formula is C19H30N4O17P2. The van der Waals surface area contributed by atoms with Crippen molar-refractivity contribution in [3.8, 4) is 0 Å². The largest absolute Gasteiger partial charge is 0.472 e. The zero-order valence-corrected chi connectivity index (χ0v) is 23.2. The average Bonchev–Trinajstić information content (AvgIpc) is 3.51. The number of hydrogen-bond donors (Lipinski definition) is 9. The summed E-state index contributed by atoms with van der Waals surface area (Å²) in [5.41, 5.74) is -1.81. The predicted molar refractivity (Wildman–Crippen MR) is 130 cm³/mol. The van der Waals surface area contributed by atoms with Gasteiger partial charge in [0, 0.05) is 18.8 Å². The summed E-state index contributed by atoms with van der Waals surface area (Å²) in [6.07, 6.45) is -12.4. The molecule has 1 aromatic heterocycles. The maximum absolute atomic E-state index is 12.9. The van der Waals surface area contributed by atoms with E-state index in [2.05, 4.69) is 9.84 Å². The Morgan fingerprint density at radius 3 is 2.29 bits per heavy atom. The number of ether oxygens (including phenoxy) is 3. The van der Waals surface area contributed by atoms with Crippen molar-refractivity contribution >= 4 is 15.6 Å². The molecule has 238 valence electrons. The lowest BCUT2D eigenvalue weighted by Gasteiger charge is -2.40. The molecule has 0 radical (unpaired) electrons. The van der Waals surface area contributed by atoms with Gasteiger partial charge in [-0.15, -0.1) is 0 Å². The fourth-order valence-corrected chi connectivity index (χ4v) is 6.30. The van der Waals surface area contributed by atoms with Crippen molar-refractivity contribution in [3.05, 3.63) is 33.1 Å². The van der Waals surface area contributed by atoms with Crippen LogP contribution in [0.5, 0.6) is 0 Å². The van der Waals surface area contributed by atoms with Gasteiger partial charge in [-0.2, -0.15) is 0 Å². The van der Waals surface area contributed by atoms with E-state index in [4.69, 9.17) is 33.0 Å². The maximum Gasteiger partial charge on any atom is 0.472 e. The molecule has 0 aliphatic carbocycles. The Bertz CT molecular complexity index is 1350. The number of nitrogens with one attached hydrogen (secondary N) is 2. The minimum atomic E-state index is -5.18. The quantitative estimate of drug-likeness (QED) is 0.0848. The fraction of sp³-hybridized carbons (Fsp3) is 0.789. The van der Waals surface area contributed by atoms with Crippen molar-refractivity contribution in [1.29, 1.82) is 0 Å². The van der Waals surface area contributed by atoms with Crippen LogP contribution in [0, 0.1) is 0 Å². The Morgan fingerprint density at radius 1 is 0.976 bits per heavy atom. The van der Waals surface area contributed by atoms with E-state index < -0.39 is 101 Å². The molecule has 9 N–H and O–H groups in total. The summed E-state index contributed by atoms with van der Waals surface area (Å²) >= 11 is 0. The number of phosphoric ester groups is 2. The molecule has 0 aromatic carbocycles. The zero-order valence-electron chi connectivity index (χ0n) is 21.4. The summed E-state index contributed by atoms with van der Waals surface area (Å²) in [6, 6.07) is 0.917. The number of rotatable bonds is 10. The molecule has 21 nitrogen and oxygen atoms in total. The fourth-order valence-electron chi connectivity index (χ4n) is 5.00. The Labute approximate surface area is 235 Å². The van der Waals surface area contributed by atoms with Crippen molar-refractivity contribution in [2.45, 2.75) is 67.6 Å². The van der Waals surface area contributed by atoms with Gasteiger partial charge in [-0.05, 0) is 6.42 Å². The number of hydrogen-bond acceptors (Lipinski definition) is 16. The van der Waals surface area contributed by atoms with Gasteiger partial charge in [0.2, 0.25) is 5.85 Å². The molecule has 23 heteroatoms. The SMILES string of the molecule is O=c1ccn([C@@H]2O[C@H](COP(=O)(O)O)[C@@H](OP(=O)(O)OC[C@H]3O[C@@H](N4CCC(O)N[C@]45CO5)[C@H](O)[C@@H]3O)[C@H]2O)c(=O)[nH]1. The molecule has 11 atom stereocenters. The van der Waals surface area contributed by atoms with Crippen LogP contribution >= 0.6 is 15.6 Å². The van der Waals surface area contributed by atoms with Crippen molar-refractivity contribution < 1.29 is 72.0 Å². The topological polar surface area (TPSA) is 305 Å². The van der Waals surface area contributed by atoms with Crippen LogP contribution in [0.3, 0.4) is 0 Å². The van der Waals surface area contributed by atoms with Gasteiger partial charge in [-0.3, -0.25) is 27.9 Å². The molecule has 5 rings (SSSR count). The second-order valence-corrected chi connectivity index (χ2v) is 12.6.